The quantitative estimate of drug-likeness (QED) is 0.423. The Labute approximate surface area is 196 Å². The average molecular weight is 463 g/mol. The standard InChI is InChI=1S/C25H38N2O6/c1-6-25(12-7-8-13-27(5)16-25)19-10-9-11-20(15-19)33-24(31)32-18(4)14-21(28)26-22(17(2)3)23(29)30/h9-11,15,17-18,22H,6-8,12-14,16H2,1-5H3,(H,26,28)(H,29,30). The molecule has 2 N–H and O–H groups in total. The van der Waals surface area contributed by atoms with Crippen LogP contribution in [0.25, 0.3) is 0 Å². The van der Waals surface area contributed by atoms with Crippen LogP contribution >= 0.6 is 0 Å². The van der Waals surface area contributed by atoms with Crippen LogP contribution in [-0.2, 0) is 19.7 Å². The summed E-state index contributed by atoms with van der Waals surface area (Å²) >= 11 is 0. The van der Waals surface area contributed by atoms with E-state index >= 15 is 0 Å². The summed E-state index contributed by atoms with van der Waals surface area (Å²) in [5, 5.41) is 11.7. The van der Waals surface area contributed by atoms with E-state index in [-0.39, 0.29) is 17.8 Å². The summed E-state index contributed by atoms with van der Waals surface area (Å²) in [6.45, 7) is 9.22. The summed E-state index contributed by atoms with van der Waals surface area (Å²) < 4.78 is 10.6. The zero-order valence-corrected chi connectivity index (χ0v) is 20.4. The van der Waals surface area contributed by atoms with Crippen LogP contribution in [0.5, 0.6) is 5.75 Å². The summed E-state index contributed by atoms with van der Waals surface area (Å²) in [5.74, 6) is -1.46. The lowest BCUT2D eigenvalue weighted by molar-refractivity contribution is -0.143. The molecular weight excluding hydrogens is 424 g/mol. The number of nitrogens with one attached hydrogen (secondary N) is 1. The van der Waals surface area contributed by atoms with E-state index in [0.717, 1.165) is 37.9 Å². The van der Waals surface area contributed by atoms with Crippen molar-refractivity contribution in [2.24, 2.45) is 5.92 Å². The second-order valence-electron chi connectivity index (χ2n) is 9.47. The fraction of sp³-hybridized carbons (Fsp3) is 0.640. The number of hydrogen-bond donors (Lipinski definition) is 2. The zero-order valence-electron chi connectivity index (χ0n) is 20.4. The van der Waals surface area contributed by atoms with Crippen molar-refractivity contribution in [3.8, 4) is 5.75 Å². The van der Waals surface area contributed by atoms with Crippen molar-refractivity contribution in [2.75, 3.05) is 20.1 Å². The van der Waals surface area contributed by atoms with Gasteiger partial charge in [0.05, 0.1) is 6.42 Å². The average Bonchev–Trinajstić information content (AvgIpc) is 2.93. The number of carboxylic acid groups (broad SMARTS) is 1. The molecule has 0 radical (unpaired) electrons. The van der Waals surface area contributed by atoms with Crippen LogP contribution in [0.15, 0.2) is 24.3 Å². The van der Waals surface area contributed by atoms with E-state index in [4.69, 9.17) is 9.47 Å². The van der Waals surface area contributed by atoms with Gasteiger partial charge in [0.25, 0.3) is 0 Å². The Morgan fingerprint density at radius 3 is 2.58 bits per heavy atom. The van der Waals surface area contributed by atoms with Gasteiger partial charge in [-0.3, -0.25) is 4.79 Å². The monoisotopic (exact) mass is 462 g/mol. The predicted molar refractivity (Wildman–Crippen MR) is 125 cm³/mol. The number of likely N-dealkylation sites (tertiary alicyclic amines) is 1. The maximum atomic E-state index is 12.3. The van der Waals surface area contributed by atoms with E-state index in [9.17, 15) is 19.5 Å². The highest BCUT2D eigenvalue weighted by molar-refractivity contribution is 5.84. The lowest BCUT2D eigenvalue weighted by Crippen LogP contribution is -2.45. The van der Waals surface area contributed by atoms with Crippen molar-refractivity contribution >= 4 is 18.0 Å². The molecule has 3 atom stereocenters. The molecular formula is C25H38N2O6. The molecule has 1 heterocycles. The number of likely N-dealkylation sites (N-methyl/N-ethyl adjacent to an activating group) is 1. The third-order valence-electron chi connectivity index (χ3n) is 6.36. The molecule has 2 rings (SSSR count). The largest absolute Gasteiger partial charge is 0.514 e. The minimum Gasteiger partial charge on any atom is -0.480 e. The van der Waals surface area contributed by atoms with Crippen LogP contribution in [0.4, 0.5) is 4.79 Å². The summed E-state index contributed by atoms with van der Waals surface area (Å²) in [5.41, 5.74) is 1.15. The highest BCUT2D eigenvalue weighted by Crippen LogP contribution is 2.37. The lowest BCUT2D eigenvalue weighted by Gasteiger charge is -2.35. The van der Waals surface area contributed by atoms with Gasteiger partial charge in [-0.25, -0.2) is 9.59 Å². The number of ether oxygens (including phenoxy) is 2. The maximum absolute atomic E-state index is 12.3. The Bertz CT molecular complexity index is 827. The number of carboxylic acids is 1. The van der Waals surface area contributed by atoms with Gasteiger partial charge >= 0.3 is 12.1 Å². The van der Waals surface area contributed by atoms with Crippen molar-refractivity contribution in [3.05, 3.63) is 29.8 Å². The van der Waals surface area contributed by atoms with Gasteiger partial charge in [-0.05, 0) is 63.4 Å². The molecule has 184 valence electrons. The van der Waals surface area contributed by atoms with Gasteiger partial charge in [0.15, 0.2) is 0 Å². The van der Waals surface area contributed by atoms with Crippen LogP contribution in [0.1, 0.15) is 65.4 Å². The van der Waals surface area contributed by atoms with Crippen molar-refractivity contribution in [2.45, 2.75) is 77.4 Å². The van der Waals surface area contributed by atoms with Gasteiger partial charge in [0, 0.05) is 12.0 Å². The summed E-state index contributed by atoms with van der Waals surface area (Å²) in [6.07, 6.45) is 2.60. The van der Waals surface area contributed by atoms with Crippen LogP contribution in [0, 0.1) is 5.92 Å². The van der Waals surface area contributed by atoms with E-state index < -0.39 is 30.2 Å². The molecule has 1 aliphatic rings. The SMILES string of the molecule is CCC1(c2cccc(OC(=O)OC(C)CC(=O)NC(C(=O)O)C(C)C)c2)CCCCN(C)C1. The number of rotatable bonds is 9. The van der Waals surface area contributed by atoms with E-state index in [1.165, 1.54) is 6.42 Å². The normalized spacial score (nSPS) is 21.0. The van der Waals surface area contributed by atoms with Gasteiger partial charge in [-0.2, -0.15) is 0 Å². The molecule has 0 aliphatic carbocycles. The van der Waals surface area contributed by atoms with E-state index in [1.807, 2.05) is 12.1 Å². The highest BCUT2D eigenvalue weighted by Gasteiger charge is 2.33. The molecule has 1 aromatic rings. The topological polar surface area (TPSA) is 105 Å². The predicted octanol–water partition coefficient (Wildman–Crippen LogP) is 3.97. The molecule has 0 spiro atoms. The van der Waals surface area contributed by atoms with Crippen LogP contribution in [0.3, 0.4) is 0 Å². The van der Waals surface area contributed by atoms with Gasteiger partial charge in [-0.15, -0.1) is 0 Å². The Hall–Kier alpha value is -2.61. The Morgan fingerprint density at radius 1 is 1.21 bits per heavy atom. The summed E-state index contributed by atoms with van der Waals surface area (Å²) in [7, 11) is 2.14. The number of aliphatic carboxylic acids is 1. The fourth-order valence-electron chi connectivity index (χ4n) is 4.47. The van der Waals surface area contributed by atoms with E-state index in [1.54, 1.807) is 26.8 Å². The van der Waals surface area contributed by atoms with Crippen molar-refractivity contribution in [1.29, 1.82) is 0 Å². The molecule has 0 saturated carbocycles. The van der Waals surface area contributed by atoms with Crippen LogP contribution < -0.4 is 10.1 Å². The number of nitrogens with zero attached hydrogens (tertiary/aromatic N) is 1. The molecule has 1 aromatic carbocycles. The van der Waals surface area contributed by atoms with Crippen LogP contribution in [-0.4, -0.2) is 60.3 Å². The first-order chi connectivity index (χ1) is 15.6. The zero-order chi connectivity index (χ0) is 24.6. The molecule has 1 aliphatic heterocycles. The maximum Gasteiger partial charge on any atom is 0.514 e. The van der Waals surface area contributed by atoms with E-state index in [0.29, 0.717) is 5.75 Å². The fourth-order valence-corrected chi connectivity index (χ4v) is 4.47. The Morgan fingerprint density at radius 2 is 1.94 bits per heavy atom. The minimum absolute atomic E-state index is 0.0109. The van der Waals surface area contributed by atoms with Crippen molar-refractivity contribution in [3.63, 3.8) is 0 Å². The van der Waals surface area contributed by atoms with Crippen molar-refractivity contribution in [1.82, 2.24) is 10.2 Å². The molecule has 33 heavy (non-hydrogen) atoms. The smallest absolute Gasteiger partial charge is 0.480 e. The van der Waals surface area contributed by atoms with E-state index in [2.05, 4.69) is 30.3 Å². The summed E-state index contributed by atoms with van der Waals surface area (Å²) in [6, 6.07) is 6.59. The molecule has 3 unspecified atom stereocenters. The second kappa shape index (κ2) is 12.0. The highest BCUT2D eigenvalue weighted by atomic mass is 16.7. The van der Waals surface area contributed by atoms with Crippen LogP contribution in [0.2, 0.25) is 0 Å². The summed E-state index contributed by atoms with van der Waals surface area (Å²) in [4.78, 5) is 38.1. The number of hydrogen-bond acceptors (Lipinski definition) is 6. The second-order valence-corrected chi connectivity index (χ2v) is 9.47. The van der Waals surface area contributed by atoms with Crippen molar-refractivity contribution < 1.29 is 29.0 Å². The molecule has 0 aromatic heterocycles. The first kappa shape index (κ1) is 26.6. The van der Waals surface area contributed by atoms with Gasteiger partial charge in [0.1, 0.15) is 17.9 Å². The van der Waals surface area contributed by atoms with Gasteiger partial charge in [0.2, 0.25) is 5.91 Å². The molecule has 8 nitrogen and oxygen atoms in total. The number of benzene rings is 1. The molecule has 1 saturated heterocycles. The Balaban J connectivity index is 1.97. The third kappa shape index (κ3) is 7.74. The third-order valence-corrected chi connectivity index (χ3v) is 6.36. The first-order valence-corrected chi connectivity index (χ1v) is 11.8. The lowest BCUT2D eigenvalue weighted by atomic mass is 9.74. The molecule has 8 heteroatoms. The molecule has 1 amide bonds. The van der Waals surface area contributed by atoms with Gasteiger partial charge < -0.3 is 24.8 Å². The minimum atomic E-state index is -1.10. The number of carbonyl (C=O) groups is 3. The molecule has 0 bridgehead atoms. The molecule has 1 fully saturated rings. The number of amides is 1. The number of carbonyl (C=O) groups excluding carboxylic acids is 2. The first-order valence-electron chi connectivity index (χ1n) is 11.8. The van der Waals surface area contributed by atoms with Gasteiger partial charge in [-0.1, -0.05) is 39.3 Å². The Kier molecular flexibility index (Phi) is 9.70.